The summed E-state index contributed by atoms with van der Waals surface area (Å²) in [5.74, 6) is -0.827. The molecule has 0 spiro atoms. The van der Waals surface area contributed by atoms with Gasteiger partial charge in [0.1, 0.15) is 0 Å². The van der Waals surface area contributed by atoms with Crippen LogP contribution in [0.2, 0.25) is 9.36 Å². The summed E-state index contributed by atoms with van der Waals surface area (Å²) in [5, 5.41) is 7.48. The fourth-order valence-corrected chi connectivity index (χ4v) is 6.37. The van der Waals surface area contributed by atoms with Gasteiger partial charge in [0.25, 0.3) is 5.91 Å². The van der Waals surface area contributed by atoms with Gasteiger partial charge in [-0.1, -0.05) is 35.3 Å². The van der Waals surface area contributed by atoms with Gasteiger partial charge in [0.2, 0.25) is 15.9 Å². The van der Waals surface area contributed by atoms with Crippen LogP contribution in [0.1, 0.15) is 35.0 Å². The average Bonchev–Trinajstić information content (AvgIpc) is 3.34. The number of sulfonamides is 1. The molecule has 0 aliphatic carbocycles. The number of nitrogens with zero attached hydrogens (tertiary/aromatic N) is 2. The van der Waals surface area contributed by atoms with E-state index in [4.69, 9.17) is 23.2 Å². The quantitative estimate of drug-likeness (QED) is 0.295. The van der Waals surface area contributed by atoms with Crippen LogP contribution < -0.4 is 10.7 Å². The second-order valence-electron chi connectivity index (χ2n) is 8.44. The van der Waals surface area contributed by atoms with E-state index in [0.717, 1.165) is 5.56 Å². The highest BCUT2D eigenvalue weighted by Gasteiger charge is 2.32. The summed E-state index contributed by atoms with van der Waals surface area (Å²) in [6.07, 6.45) is 0.800. The molecule has 0 unspecified atom stereocenters. The fourth-order valence-electron chi connectivity index (χ4n) is 3.83. The van der Waals surface area contributed by atoms with Crippen LogP contribution in [0, 0.1) is 5.92 Å². The van der Waals surface area contributed by atoms with Crippen molar-refractivity contribution in [2.75, 3.05) is 18.4 Å². The molecule has 4 rings (SSSR count). The zero-order valence-corrected chi connectivity index (χ0v) is 22.9. The first kappa shape index (κ1) is 27.3. The lowest BCUT2D eigenvalue weighted by molar-refractivity contribution is -0.126. The smallest absolute Gasteiger partial charge is 0.265 e. The van der Waals surface area contributed by atoms with E-state index in [9.17, 15) is 18.0 Å². The Balaban J connectivity index is 1.29. The Morgan fingerprint density at radius 3 is 2.22 bits per heavy atom. The number of carbonyl (C=O) groups excluding carboxylic acids is 2. The van der Waals surface area contributed by atoms with E-state index in [2.05, 4.69) is 15.8 Å². The first-order valence-corrected chi connectivity index (χ1v) is 14.4. The third-order valence-corrected chi connectivity index (χ3v) is 9.36. The summed E-state index contributed by atoms with van der Waals surface area (Å²) < 4.78 is 27.6. The molecule has 2 heterocycles. The summed E-state index contributed by atoms with van der Waals surface area (Å²) >= 11 is 12.9. The van der Waals surface area contributed by atoms with Gasteiger partial charge in [-0.3, -0.25) is 9.59 Å². The Bertz CT molecular complexity index is 1410. The molecule has 1 aromatic heterocycles. The highest BCUT2D eigenvalue weighted by molar-refractivity contribution is 7.89. The van der Waals surface area contributed by atoms with E-state index < -0.39 is 10.0 Å². The number of benzene rings is 2. The molecule has 2 N–H and O–H groups in total. The monoisotopic (exact) mass is 578 g/mol. The normalized spacial score (nSPS) is 15.4. The maximum atomic E-state index is 12.8. The third-order valence-electron chi connectivity index (χ3n) is 5.97. The number of halogens is 2. The van der Waals surface area contributed by atoms with Crippen molar-refractivity contribution in [3.8, 4) is 0 Å². The molecule has 1 saturated heterocycles. The van der Waals surface area contributed by atoms with Crippen molar-refractivity contribution in [2.24, 2.45) is 11.0 Å². The van der Waals surface area contributed by atoms with Crippen molar-refractivity contribution in [1.82, 2.24) is 9.73 Å². The lowest BCUT2D eigenvalue weighted by Gasteiger charge is -2.30. The summed E-state index contributed by atoms with van der Waals surface area (Å²) in [6.45, 7) is 2.26. The van der Waals surface area contributed by atoms with Gasteiger partial charge in [-0.25, -0.2) is 13.8 Å². The van der Waals surface area contributed by atoms with Gasteiger partial charge in [0.05, 0.1) is 19.8 Å². The molecule has 3 aromatic rings. The molecule has 1 aliphatic heterocycles. The van der Waals surface area contributed by atoms with E-state index in [0.29, 0.717) is 38.5 Å². The zero-order valence-electron chi connectivity index (χ0n) is 19.8. The number of nitrogens with one attached hydrogen (secondary N) is 2. The molecular formula is C25H24Cl2N4O4S2. The van der Waals surface area contributed by atoms with E-state index in [1.807, 2.05) is 0 Å². The summed E-state index contributed by atoms with van der Waals surface area (Å²) in [5.41, 5.74) is 4.59. The van der Waals surface area contributed by atoms with Crippen LogP contribution in [0.15, 0.2) is 70.7 Å². The van der Waals surface area contributed by atoms with Crippen LogP contribution in [0.3, 0.4) is 0 Å². The summed E-state index contributed by atoms with van der Waals surface area (Å²) in [4.78, 5) is 25.6. The molecule has 1 fully saturated rings. The molecule has 1 aliphatic rings. The molecule has 8 nitrogen and oxygen atoms in total. The number of piperidine rings is 1. The zero-order chi connectivity index (χ0) is 26.6. The van der Waals surface area contributed by atoms with Gasteiger partial charge >= 0.3 is 0 Å². The number of hydrogen-bond donors (Lipinski definition) is 2. The van der Waals surface area contributed by atoms with Crippen molar-refractivity contribution in [3.63, 3.8) is 0 Å². The molecule has 0 radical (unpaired) electrons. The van der Waals surface area contributed by atoms with Crippen LogP contribution >= 0.6 is 34.5 Å². The average molecular weight is 580 g/mol. The molecule has 12 heteroatoms. The van der Waals surface area contributed by atoms with Crippen LogP contribution in [0.25, 0.3) is 0 Å². The Hall–Kier alpha value is -2.76. The number of carbonyl (C=O) groups is 2. The van der Waals surface area contributed by atoms with E-state index in [-0.39, 0.29) is 35.7 Å². The molecule has 0 bridgehead atoms. The minimum absolute atomic E-state index is 0.182. The molecule has 194 valence electrons. The van der Waals surface area contributed by atoms with Gasteiger partial charge in [-0.15, -0.1) is 11.3 Å². The maximum absolute atomic E-state index is 12.8. The molecule has 2 amide bonds. The number of hydrazone groups is 1. The van der Waals surface area contributed by atoms with Crippen molar-refractivity contribution >= 4 is 67.8 Å². The van der Waals surface area contributed by atoms with Crippen LogP contribution in [0.4, 0.5) is 5.69 Å². The van der Waals surface area contributed by atoms with Crippen molar-refractivity contribution in [2.45, 2.75) is 24.7 Å². The number of thiophene rings is 1. The van der Waals surface area contributed by atoms with Crippen molar-refractivity contribution in [3.05, 3.63) is 80.5 Å². The summed E-state index contributed by atoms with van der Waals surface area (Å²) in [6, 6.07) is 16.5. The van der Waals surface area contributed by atoms with Gasteiger partial charge in [-0.2, -0.15) is 9.41 Å². The van der Waals surface area contributed by atoms with Crippen molar-refractivity contribution in [1.29, 1.82) is 0 Å². The predicted molar refractivity (Wildman–Crippen MR) is 147 cm³/mol. The second-order valence-corrected chi connectivity index (χ2v) is 12.5. The van der Waals surface area contributed by atoms with E-state index in [1.165, 1.54) is 27.8 Å². The SMILES string of the molecule is C/C(=N/NC(=O)C1CCN(S(=O)(=O)c2ccc(Cl)cc2)CC1)c1ccc(NC(=O)c2ccc(Cl)s2)cc1. The molecule has 0 saturated carbocycles. The summed E-state index contributed by atoms with van der Waals surface area (Å²) in [7, 11) is -3.63. The van der Waals surface area contributed by atoms with Gasteiger partial charge in [-0.05, 0) is 73.9 Å². The number of rotatable bonds is 7. The first-order chi connectivity index (χ1) is 17.6. The van der Waals surface area contributed by atoms with Gasteiger partial charge in [0.15, 0.2) is 0 Å². The van der Waals surface area contributed by atoms with Crippen molar-refractivity contribution < 1.29 is 18.0 Å². The Morgan fingerprint density at radius 2 is 1.62 bits per heavy atom. The highest BCUT2D eigenvalue weighted by Crippen LogP contribution is 2.25. The molecule has 37 heavy (non-hydrogen) atoms. The molecule has 0 atom stereocenters. The standard InChI is InChI=1S/C25H24Cl2N4O4S2/c1-16(17-2-6-20(7-3-17)28-25(33)22-10-11-23(27)36-22)29-30-24(32)18-12-14-31(15-13-18)37(34,35)21-8-4-19(26)5-9-21/h2-11,18H,12-15H2,1H3,(H,28,33)(H,30,32)/b29-16-. The van der Waals surface area contributed by atoms with Gasteiger partial charge in [0, 0.05) is 29.7 Å². The second kappa shape index (κ2) is 11.7. The number of amides is 2. The fraction of sp³-hybridized carbons (Fsp3) is 0.240. The number of hydrogen-bond acceptors (Lipinski definition) is 6. The van der Waals surface area contributed by atoms with E-state index in [1.54, 1.807) is 55.5 Å². The lowest BCUT2D eigenvalue weighted by atomic mass is 9.98. The minimum atomic E-state index is -3.63. The Kier molecular flexibility index (Phi) is 8.66. The number of anilines is 1. The first-order valence-electron chi connectivity index (χ1n) is 11.4. The Morgan fingerprint density at radius 1 is 0.973 bits per heavy atom. The topological polar surface area (TPSA) is 108 Å². The van der Waals surface area contributed by atoms with Crippen LogP contribution in [0.5, 0.6) is 0 Å². The predicted octanol–water partition coefficient (Wildman–Crippen LogP) is 5.25. The highest BCUT2D eigenvalue weighted by atomic mass is 35.5. The largest absolute Gasteiger partial charge is 0.321 e. The van der Waals surface area contributed by atoms with Gasteiger partial charge < -0.3 is 5.32 Å². The van der Waals surface area contributed by atoms with Crippen LogP contribution in [-0.2, 0) is 14.8 Å². The minimum Gasteiger partial charge on any atom is -0.321 e. The molecular weight excluding hydrogens is 555 g/mol. The maximum Gasteiger partial charge on any atom is 0.265 e. The van der Waals surface area contributed by atoms with E-state index >= 15 is 0 Å². The Labute approximate surface area is 229 Å². The molecule has 2 aromatic carbocycles. The lowest BCUT2D eigenvalue weighted by Crippen LogP contribution is -2.42. The van der Waals surface area contributed by atoms with Crippen LogP contribution in [-0.4, -0.2) is 43.3 Å². The third kappa shape index (κ3) is 6.77.